The van der Waals surface area contributed by atoms with Gasteiger partial charge in [-0.2, -0.15) is 0 Å². The number of nitrogens with zero attached hydrogens (tertiary/aromatic N) is 1. The summed E-state index contributed by atoms with van der Waals surface area (Å²) in [5, 5.41) is 9.56. The van der Waals surface area contributed by atoms with Crippen LogP contribution in [0.25, 0.3) is 27.6 Å². The van der Waals surface area contributed by atoms with Crippen LogP contribution in [0.4, 0.5) is 0 Å². The van der Waals surface area contributed by atoms with Gasteiger partial charge >= 0.3 is 5.97 Å². The van der Waals surface area contributed by atoms with Gasteiger partial charge < -0.3 is 9.67 Å². The molecular formula is C24H25NO2S. The smallest absolute Gasteiger partial charge is 0.345 e. The standard InChI is InChI=1S/C24H25NO2S/c1-3-14-25-19-15-20(24(26)27)28-23(19)21(17-11-6-5-7-12-17)22(25)18-13-9-8-10-16(18)4-2/h3-4,8-10,13,15,17H,1-2,5-7,11-12,14H2,(H,26,27). The summed E-state index contributed by atoms with van der Waals surface area (Å²) in [6.07, 6.45) is 9.88. The van der Waals surface area contributed by atoms with E-state index in [1.165, 1.54) is 47.4 Å². The van der Waals surface area contributed by atoms with E-state index in [-0.39, 0.29) is 0 Å². The van der Waals surface area contributed by atoms with Crippen molar-refractivity contribution in [3.8, 4) is 11.3 Å². The van der Waals surface area contributed by atoms with Crippen LogP contribution in [0.15, 0.2) is 49.6 Å². The van der Waals surface area contributed by atoms with Gasteiger partial charge in [0.1, 0.15) is 4.88 Å². The second-order valence-electron chi connectivity index (χ2n) is 7.42. The lowest BCUT2D eigenvalue weighted by atomic mass is 9.82. The molecule has 144 valence electrons. The van der Waals surface area contributed by atoms with E-state index in [2.05, 4.69) is 35.9 Å². The maximum absolute atomic E-state index is 11.6. The molecule has 28 heavy (non-hydrogen) atoms. The Hall–Kier alpha value is -2.59. The molecule has 4 heteroatoms. The van der Waals surface area contributed by atoms with Gasteiger partial charge in [0.25, 0.3) is 0 Å². The predicted molar refractivity (Wildman–Crippen MR) is 118 cm³/mol. The number of hydrogen-bond acceptors (Lipinski definition) is 2. The molecule has 2 heterocycles. The minimum atomic E-state index is -0.853. The molecule has 4 rings (SSSR count). The maximum atomic E-state index is 11.6. The number of allylic oxidation sites excluding steroid dienone is 1. The third-order valence-electron chi connectivity index (χ3n) is 5.74. The Labute approximate surface area is 169 Å². The van der Waals surface area contributed by atoms with Gasteiger partial charge in [0, 0.05) is 12.1 Å². The normalized spacial score (nSPS) is 15.0. The molecule has 0 bridgehead atoms. The zero-order valence-corrected chi connectivity index (χ0v) is 16.8. The van der Waals surface area contributed by atoms with Crippen molar-refractivity contribution < 1.29 is 9.90 Å². The third kappa shape index (κ3) is 3.12. The Morgan fingerprint density at radius 1 is 1.21 bits per heavy atom. The number of fused-ring (bicyclic) bond motifs is 1. The predicted octanol–water partition coefficient (Wildman–Crippen LogP) is 6.94. The van der Waals surface area contributed by atoms with Crippen LogP contribution in [0.3, 0.4) is 0 Å². The van der Waals surface area contributed by atoms with Gasteiger partial charge in [-0.1, -0.05) is 62.3 Å². The first kappa shape index (κ1) is 18.8. The van der Waals surface area contributed by atoms with Crippen molar-refractivity contribution in [2.45, 2.75) is 44.6 Å². The molecule has 0 saturated heterocycles. The molecule has 1 aliphatic rings. The fourth-order valence-electron chi connectivity index (χ4n) is 4.52. The van der Waals surface area contributed by atoms with Crippen LogP contribution in [-0.2, 0) is 6.54 Å². The van der Waals surface area contributed by atoms with Crippen LogP contribution < -0.4 is 0 Å². The summed E-state index contributed by atoms with van der Waals surface area (Å²) < 4.78 is 3.37. The van der Waals surface area contributed by atoms with Crippen molar-refractivity contribution in [2.75, 3.05) is 0 Å². The van der Waals surface area contributed by atoms with Gasteiger partial charge in [-0.3, -0.25) is 0 Å². The van der Waals surface area contributed by atoms with Crippen molar-refractivity contribution in [2.24, 2.45) is 0 Å². The maximum Gasteiger partial charge on any atom is 0.345 e. The van der Waals surface area contributed by atoms with Crippen molar-refractivity contribution in [1.82, 2.24) is 4.57 Å². The number of carboxylic acid groups (broad SMARTS) is 1. The van der Waals surface area contributed by atoms with E-state index in [0.717, 1.165) is 28.6 Å². The molecule has 0 unspecified atom stereocenters. The van der Waals surface area contributed by atoms with Gasteiger partial charge in [-0.15, -0.1) is 17.9 Å². The zero-order chi connectivity index (χ0) is 19.7. The highest BCUT2D eigenvalue weighted by Crippen LogP contribution is 2.47. The molecule has 0 spiro atoms. The number of carbonyl (C=O) groups is 1. The topological polar surface area (TPSA) is 42.2 Å². The minimum absolute atomic E-state index is 0.406. The molecular weight excluding hydrogens is 366 g/mol. The van der Waals surface area contributed by atoms with Crippen LogP contribution in [0.5, 0.6) is 0 Å². The number of rotatable bonds is 6. The van der Waals surface area contributed by atoms with E-state index in [4.69, 9.17) is 0 Å². The molecule has 3 nitrogen and oxygen atoms in total. The molecule has 1 fully saturated rings. The van der Waals surface area contributed by atoms with Gasteiger partial charge in [-0.05, 0) is 36.0 Å². The van der Waals surface area contributed by atoms with Crippen LogP contribution in [0.1, 0.15) is 58.8 Å². The average Bonchev–Trinajstić information content (AvgIpc) is 3.27. The summed E-state index contributed by atoms with van der Waals surface area (Å²) in [5.41, 5.74) is 5.81. The summed E-state index contributed by atoms with van der Waals surface area (Å²) in [6, 6.07) is 10.2. The van der Waals surface area contributed by atoms with Crippen molar-refractivity contribution >= 4 is 33.6 Å². The van der Waals surface area contributed by atoms with E-state index in [1.807, 2.05) is 24.3 Å². The third-order valence-corrected chi connectivity index (χ3v) is 6.89. The Morgan fingerprint density at radius 3 is 2.64 bits per heavy atom. The van der Waals surface area contributed by atoms with Crippen molar-refractivity contribution in [3.05, 3.63) is 65.6 Å². The highest BCUT2D eigenvalue weighted by Gasteiger charge is 2.29. The van der Waals surface area contributed by atoms with Gasteiger partial charge in [0.15, 0.2) is 0 Å². The van der Waals surface area contributed by atoms with E-state index < -0.39 is 5.97 Å². The Kier molecular flexibility index (Phi) is 5.23. The van der Waals surface area contributed by atoms with Crippen LogP contribution in [0.2, 0.25) is 0 Å². The lowest BCUT2D eigenvalue weighted by Gasteiger charge is -2.24. The molecule has 1 saturated carbocycles. The summed E-state index contributed by atoms with van der Waals surface area (Å²) in [4.78, 5) is 12.1. The molecule has 0 aliphatic heterocycles. The second kappa shape index (κ2) is 7.80. The Balaban J connectivity index is 2.06. The number of aromatic nitrogens is 1. The molecule has 3 aromatic rings. The fourth-order valence-corrected chi connectivity index (χ4v) is 5.65. The van der Waals surface area contributed by atoms with E-state index in [0.29, 0.717) is 17.3 Å². The number of thiophene rings is 1. The van der Waals surface area contributed by atoms with Gasteiger partial charge in [0.2, 0.25) is 0 Å². The molecule has 1 N–H and O–H groups in total. The Bertz CT molecular complexity index is 1050. The first-order chi connectivity index (χ1) is 13.7. The van der Waals surface area contributed by atoms with Crippen LogP contribution in [0, 0.1) is 0 Å². The van der Waals surface area contributed by atoms with Crippen molar-refractivity contribution in [3.63, 3.8) is 0 Å². The number of benzene rings is 1. The first-order valence-electron chi connectivity index (χ1n) is 9.87. The minimum Gasteiger partial charge on any atom is -0.477 e. The monoisotopic (exact) mass is 391 g/mol. The number of aromatic carboxylic acids is 1. The van der Waals surface area contributed by atoms with E-state index in [9.17, 15) is 9.90 Å². The molecule has 2 aromatic heterocycles. The van der Waals surface area contributed by atoms with Crippen LogP contribution in [-0.4, -0.2) is 15.6 Å². The van der Waals surface area contributed by atoms with E-state index in [1.54, 1.807) is 0 Å². The highest BCUT2D eigenvalue weighted by atomic mass is 32.1. The summed E-state index contributed by atoms with van der Waals surface area (Å²) in [7, 11) is 0. The average molecular weight is 392 g/mol. The first-order valence-corrected chi connectivity index (χ1v) is 10.7. The quantitative estimate of drug-likeness (QED) is 0.462. The molecule has 0 radical (unpaired) electrons. The largest absolute Gasteiger partial charge is 0.477 e. The van der Waals surface area contributed by atoms with Gasteiger partial charge in [-0.25, -0.2) is 4.79 Å². The zero-order valence-electron chi connectivity index (χ0n) is 16.0. The van der Waals surface area contributed by atoms with Crippen LogP contribution >= 0.6 is 11.3 Å². The van der Waals surface area contributed by atoms with E-state index >= 15 is 0 Å². The number of carboxylic acids is 1. The molecule has 0 amide bonds. The molecule has 1 aromatic carbocycles. The SMILES string of the molecule is C=CCn1c(-c2ccccc2C=C)c(C2CCCCC2)c2sc(C(=O)O)cc21. The van der Waals surface area contributed by atoms with Crippen molar-refractivity contribution in [1.29, 1.82) is 0 Å². The number of hydrogen-bond donors (Lipinski definition) is 1. The summed E-state index contributed by atoms with van der Waals surface area (Å²) in [6.45, 7) is 8.61. The fraction of sp³-hybridized carbons (Fsp3) is 0.292. The lowest BCUT2D eigenvalue weighted by molar-refractivity contribution is 0.0702. The lowest BCUT2D eigenvalue weighted by Crippen LogP contribution is -2.07. The summed E-state index contributed by atoms with van der Waals surface area (Å²) >= 11 is 1.41. The summed E-state index contributed by atoms with van der Waals surface area (Å²) in [5.74, 6) is -0.385. The molecule has 1 aliphatic carbocycles. The molecule has 0 atom stereocenters. The Morgan fingerprint density at radius 2 is 1.96 bits per heavy atom. The van der Waals surface area contributed by atoms with Gasteiger partial charge in [0.05, 0.1) is 15.9 Å². The highest BCUT2D eigenvalue weighted by molar-refractivity contribution is 7.21. The second-order valence-corrected chi connectivity index (χ2v) is 8.47.